The molecule has 3 aromatic rings. The van der Waals surface area contributed by atoms with Gasteiger partial charge in [0.2, 0.25) is 11.2 Å². The predicted octanol–water partition coefficient (Wildman–Crippen LogP) is 3.56. The molecule has 1 aromatic carbocycles. The van der Waals surface area contributed by atoms with E-state index in [1.807, 2.05) is 17.6 Å². The third kappa shape index (κ3) is 4.59. The number of hydrogen-bond donors (Lipinski definition) is 2. The van der Waals surface area contributed by atoms with Crippen molar-refractivity contribution < 1.29 is 4.79 Å². The summed E-state index contributed by atoms with van der Waals surface area (Å²) in [5, 5.41) is 6.20. The quantitative estimate of drug-likeness (QED) is 0.565. The van der Waals surface area contributed by atoms with Gasteiger partial charge in [-0.3, -0.25) is 4.79 Å². The maximum atomic E-state index is 11.9. The summed E-state index contributed by atoms with van der Waals surface area (Å²) in [4.78, 5) is 25.1. The summed E-state index contributed by atoms with van der Waals surface area (Å²) in [5.74, 6) is 0.618. The molecule has 0 aliphatic heterocycles. The number of aromatic nitrogens is 4. The lowest BCUT2D eigenvalue weighted by Gasteiger charge is -2.13. The molecule has 1 amide bonds. The van der Waals surface area contributed by atoms with Crippen LogP contribution in [0, 0.1) is 12.8 Å². The number of benzene rings is 1. The number of amides is 1. The second kappa shape index (κ2) is 9.01. The van der Waals surface area contributed by atoms with Crippen LogP contribution < -0.4 is 10.6 Å². The summed E-state index contributed by atoms with van der Waals surface area (Å²) in [5.41, 5.74) is 3.69. The van der Waals surface area contributed by atoms with Crippen LogP contribution in [0.15, 0.2) is 30.6 Å². The number of imidazole rings is 1. The average Bonchev–Trinajstić information content (AvgIpc) is 3.09. The molecule has 7 nitrogen and oxygen atoms in total. The zero-order chi connectivity index (χ0) is 20.1. The summed E-state index contributed by atoms with van der Waals surface area (Å²) in [6.45, 7) is 5.32. The number of anilines is 1. The van der Waals surface area contributed by atoms with Crippen molar-refractivity contribution in [3.8, 4) is 0 Å². The number of carbonyl (C=O) groups is 1. The second-order valence-electron chi connectivity index (χ2n) is 6.80. The SMILES string of the molecule is CC[C@@H](CCn1cnc2c(NCc3cccc(C)c3)nc(Cl)nc21)C(=O)NC. The van der Waals surface area contributed by atoms with Crippen molar-refractivity contribution in [2.24, 2.45) is 5.92 Å². The van der Waals surface area contributed by atoms with Crippen LogP contribution in [-0.2, 0) is 17.9 Å². The van der Waals surface area contributed by atoms with E-state index >= 15 is 0 Å². The highest BCUT2D eigenvalue weighted by Crippen LogP contribution is 2.22. The van der Waals surface area contributed by atoms with Crippen LogP contribution in [0.25, 0.3) is 11.2 Å². The van der Waals surface area contributed by atoms with Gasteiger partial charge < -0.3 is 15.2 Å². The van der Waals surface area contributed by atoms with Crippen molar-refractivity contribution in [2.75, 3.05) is 12.4 Å². The molecule has 0 unspecified atom stereocenters. The molecule has 2 heterocycles. The third-order valence-electron chi connectivity index (χ3n) is 4.81. The van der Waals surface area contributed by atoms with Crippen molar-refractivity contribution in [3.63, 3.8) is 0 Å². The number of halogens is 1. The van der Waals surface area contributed by atoms with Gasteiger partial charge in [0, 0.05) is 26.1 Å². The van der Waals surface area contributed by atoms with Gasteiger partial charge in [-0.15, -0.1) is 0 Å². The lowest BCUT2D eigenvalue weighted by atomic mass is 10.0. The van der Waals surface area contributed by atoms with E-state index in [0.717, 1.165) is 12.0 Å². The third-order valence-corrected chi connectivity index (χ3v) is 4.98. The van der Waals surface area contributed by atoms with Crippen molar-refractivity contribution in [1.29, 1.82) is 0 Å². The van der Waals surface area contributed by atoms with Crippen LogP contribution in [-0.4, -0.2) is 32.5 Å². The monoisotopic (exact) mass is 400 g/mol. The Balaban J connectivity index is 1.79. The van der Waals surface area contributed by atoms with E-state index < -0.39 is 0 Å². The van der Waals surface area contributed by atoms with E-state index in [2.05, 4.69) is 50.7 Å². The Labute approximate surface area is 169 Å². The zero-order valence-corrected chi connectivity index (χ0v) is 17.1. The van der Waals surface area contributed by atoms with E-state index in [4.69, 9.17) is 11.6 Å². The summed E-state index contributed by atoms with van der Waals surface area (Å²) < 4.78 is 1.92. The lowest BCUT2D eigenvalue weighted by molar-refractivity contribution is -0.124. The minimum atomic E-state index is -0.0429. The normalized spacial score (nSPS) is 12.1. The van der Waals surface area contributed by atoms with Crippen molar-refractivity contribution in [3.05, 3.63) is 47.0 Å². The largest absolute Gasteiger partial charge is 0.364 e. The molecular formula is C20H25ClN6O. The molecule has 0 aliphatic rings. The number of nitrogens with zero attached hydrogens (tertiary/aromatic N) is 4. The summed E-state index contributed by atoms with van der Waals surface area (Å²) in [7, 11) is 1.66. The Morgan fingerprint density at radius 2 is 2.14 bits per heavy atom. The van der Waals surface area contributed by atoms with Gasteiger partial charge >= 0.3 is 0 Å². The molecule has 1 atom stereocenters. The first kappa shape index (κ1) is 20.1. The van der Waals surface area contributed by atoms with E-state index in [9.17, 15) is 4.79 Å². The van der Waals surface area contributed by atoms with Crippen molar-refractivity contribution in [1.82, 2.24) is 24.8 Å². The lowest BCUT2D eigenvalue weighted by Crippen LogP contribution is -2.27. The van der Waals surface area contributed by atoms with Crippen molar-refractivity contribution >= 4 is 34.5 Å². The highest BCUT2D eigenvalue weighted by molar-refractivity contribution is 6.28. The first-order valence-corrected chi connectivity index (χ1v) is 9.79. The highest BCUT2D eigenvalue weighted by Gasteiger charge is 2.17. The van der Waals surface area contributed by atoms with E-state index in [1.54, 1.807) is 13.4 Å². The average molecular weight is 401 g/mol. The fraction of sp³-hybridized carbons (Fsp3) is 0.400. The maximum Gasteiger partial charge on any atom is 0.226 e. The first-order chi connectivity index (χ1) is 13.5. The fourth-order valence-electron chi connectivity index (χ4n) is 3.23. The van der Waals surface area contributed by atoms with E-state index in [0.29, 0.717) is 36.5 Å². The van der Waals surface area contributed by atoms with E-state index in [1.165, 1.54) is 5.56 Å². The maximum absolute atomic E-state index is 11.9. The molecule has 8 heteroatoms. The molecule has 2 N–H and O–H groups in total. The second-order valence-corrected chi connectivity index (χ2v) is 7.14. The van der Waals surface area contributed by atoms with Crippen LogP contribution in [0.5, 0.6) is 0 Å². The Bertz CT molecular complexity index is 970. The van der Waals surface area contributed by atoms with Gasteiger partial charge in [0.05, 0.1) is 6.33 Å². The minimum absolute atomic E-state index is 0.0429. The smallest absolute Gasteiger partial charge is 0.226 e. The van der Waals surface area contributed by atoms with Gasteiger partial charge in [-0.1, -0.05) is 36.8 Å². The molecule has 0 fully saturated rings. The van der Waals surface area contributed by atoms with Gasteiger partial charge in [0.25, 0.3) is 0 Å². The molecule has 148 valence electrons. The zero-order valence-electron chi connectivity index (χ0n) is 16.4. The number of carbonyl (C=O) groups excluding carboxylic acids is 1. The van der Waals surface area contributed by atoms with Crippen LogP contribution in [0.3, 0.4) is 0 Å². The molecular weight excluding hydrogens is 376 g/mol. The number of hydrogen-bond acceptors (Lipinski definition) is 5. The van der Waals surface area contributed by atoms with Gasteiger partial charge in [-0.25, -0.2) is 4.98 Å². The molecule has 0 saturated heterocycles. The minimum Gasteiger partial charge on any atom is -0.364 e. The first-order valence-electron chi connectivity index (χ1n) is 9.41. The highest BCUT2D eigenvalue weighted by atomic mass is 35.5. The van der Waals surface area contributed by atoms with Gasteiger partial charge in [0.1, 0.15) is 0 Å². The molecule has 28 heavy (non-hydrogen) atoms. The molecule has 3 rings (SSSR count). The van der Waals surface area contributed by atoms with Gasteiger partial charge in [-0.2, -0.15) is 9.97 Å². The molecule has 0 radical (unpaired) electrons. The van der Waals surface area contributed by atoms with Crippen LogP contribution >= 0.6 is 11.6 Å². The molecule has 0 saturated carbocycles. The topological polar surface area (TPSA) is 84.7 Å². The number of nitrogens with one attached hydrogen (secondary N) is 2. The Morgan fingerprint density at radius 3 is 2.86 bits per heavy atom. The number of fused-ring (bicyclic) bond motifs is 1. The molecule has 0 bridgehead atoms. The standard InChI is InChI=1S/C20H25ClN6O/c1-4-15(19(28)22-3)8-9-27-12-24-16-17(25-20(21)26-18(16)27)23-11-14-7-5-6-13(2)10-14/h5-7,10,12,15H,4,8-9,11H2,1-3H3,(H,22,28)(H,23,25,26)/t15-/m0/s1. The van der Waals surface area contributed by atoms with Crippen LogP contribution in [0.1, 0.15) is 30.9 Å². The Hall–Kier alpha value is -2.67. The number of rotatable bonds is 8. The summed E-state index contributed by atoms with van der Waals surface area (Å²) in [6, 6.07) is 8.27. The van der Waals surface area contributed by atoms with Crippen molar-refractivity contribution in [2.45, 2.75) is 39.8 Å². The summed E-state index contributed by atoms with van der Waals surface area (Å²) >= 11 is 6.16. The Kier molecular flexibility index (Phi) is 6.46. The molecule has 0 spiro atoms. The molecule has 2 aromatic heterocycles. The summed E-state index contributed by atoms with van der Waals surface area (Å²) in [6.07, 6.45) is 3.21. The molecule has 0 aliphatic carbocycles. The van der Waals surface area contributed by atoms with Crippen LogP contribution in [0.2, 0.25) is 5.28 Å². The van der Waals surface area contributed by atoms with Crippen LogP contribution in [0.4, 0.5) is 5.82 Å². The number of aryl methyl sites for hydroxylation is 2. The Morgan fingerprint density at radius 1 is 1.32 bits per heavy atom. The van der Waals surface area contributed by atoms with E-state index in [-0.39, 0.29) is 17.1 Å². The predicted molar refractivity (Wildman–Crippen MR) is 111 cm³/mol. The fourth-order valence-corrected chi connectivity index (χ4v) is 3.40. The van der Waals surface area contributed by atoms with Gasteiger partial charge in [-0.05, 0) is 36.9 Å². The van der Waals surface area contributed by atoms with Gasteiger partial charge in [0.15, 0.2) is 17.0 Å².